The number of aromatic nitrogens is 2. The molecule has 0 bridgehead atoms. The fraction of sp³-hybridized carbons (Fsp3) is 0.278. The van der Waals surface area contributed by atoms with Gasteiger partial charge in [-0.25, -0.2) is 12.8 Å². The third kappa shape index (κ3) is 3.78. The molecule has 0 saturated heterocycles. The predicted octanol–water partition coefficient (Wildman–Crippen LogP) is 3.75. The lowest BCUT2D eigenvalue weighted by molar-refractivity contribution is 0.406. The van der Waals surface area contributed by atoms with Crippen molar-refractivity contribution in [1.82, 2.24) is 14.1 Å². The molecule has 0 N–H and O–H groups in total. The Kier molecular flexibility index (Phi) is 5.41. The summed E-state index contributed by atoms with van der Waals surface area (Å²) in [7, 11) is -2.33. The predicted molar refractivity (Wildman–Crippen MR) is 99.6 cm³/mol. The van der Waals surface area contributed by atoms with E-state index in [0.717, 1.165) is 0 Å². The summed E-state index contributed by atoms with van der Waals surface area (Å²) < 4.78 is 48.0. The summed E-state index contributed by atoms with van der Waals surface area (Å²) in [4.78, 5) is 0.101. The van der Waals surface area contributed by atoms with E-state index in [2.05, 4.69) is 5.10 Å². The van der Waals surface area contributed by atoms with Crippen LogP contribution in [0.4, 0.5) is 4.39 Å². The van der Waals surface area contributed by atoms with Gasteiger partial charge in [-0.15, -0.1) is 0 Å². The first-order valence-corrected chi connectivity index (χ1v) is 9.99. The Hall–Kier alpha value is -2.16. The summed E-state index contributed by atoms with van der Waals surface area (Å²) >= 11 is 6.08. The number of nitrogens with zero attached hydrogens (tertiary/aromatic N) is 3. The molecule has 0 amide bonds. The molecule has 27 heavy (non-hydrogen) atoms. The lowest BCUT2D eigenvalue weighted by atomic mass is 10.2. The van der Waals surface area contributed by atoms with Crippen molar-refractivity contribution in [3.05, 3.63) is 70.1 Å². The quantitative estimate of drug-likeness (QED) is 0.619. The van der Waals surface area contributed by atoms with Crippen LogP contribution in [0.3, 0.4) is 0 Å². The smallest absolute Gasteiger partial charge is 0.246 e. The van der Waals surface area contributed by atoms with Gasteiger partial charge in [0.15, 0.2) is 0 Å². The molecule has 0 saturated carbocycles. The van der Waals surface area contributed by atoms with E-state index in [1.807, 2.05) is 0 Å². The molecule has 2 heterocycles. The first kappa shape index (κ1) is 19.6. The maximum Gasteiger partial charge on any atom is 0.246 e. The number of hydrogen-bond donors (Lipinski definition) is 0. The molecule has 0 spiro atoms. The zero-order chi connectivity index (χ0) is 19.8. The summed E-state index contributed by atoms with van der Waals surface area (Å²) in [5.41, 5.74) is 1.02. The van der Waals surface area contributed by atoms with Crippen molar-refractivity contribution in [3.8, 4) is 0 Å². The number of aryl methyl sites for hydroxylation is 1. The average molecular weight is 412 g/mol. The first-order valence-electron chi connectivity index (χ1n) is 8.17. The van der Waals surface area contributed by atoms with Gasteiger partial charge in [0.05, 0.1) is 30.7 Å². The van der Waals surface area contributed by atoms with Crippen molar-refractivity contribution in [2.45, 2.75) is 31.8 Å². The summed E-state index contributed by atoms with van der Waals surface area (Å²) in [5.74, 6) is 0.0660. The molecule has 9 heteroatoms. The Morgan fingerprint density at radius 2 is 2.00 bits per heavy atom. The minimum Gasteiger partial charge on any atom is -0.468 e. The van der Waals surface area contributed by atoms with Gasteiger partial charge in [0.25, 0.3) is 0 Å². The highest BCUT2D eigenvalue weighted by molar-refractivity contribution is 7.89. The van der Waals surface area contributed by atoms with Crippen LogP contribution in [-0.4, -0.2) is 29.6 Å². The third-order valence-electron chi connectivity index (χ3n) is 4.31. The second-order valence-electron chi connectivity index (χ2n) is 6.20. The van der Waals surface area contributed by atoms with Gasteiger partial charge >= 0.3 is 0 Å². The molecule has 1 aromatic carbocycles. The van der Waals surface area contributed by atoms with Crippen LogP contribution in [-0.2, 0) is 23.1 Å². The summed E-state index contributed by atoms with van der Waals surface area (Å²) in [6, 6.07) is 7.81. The molecule has 0 atom stereocenters. The van der Waals surface area contributed by atoms with Crippen molar-refractivity contribution >= 4 is 21.6 Å². The van der Waals surface area contributed by atoms with Gasteiger partial charge < -0.3 is 4.42 Å². The van der Waals surface area contributed by atoms with Crippen molar-refractivity contribution in [1.29, 1.82) is 0 Å². The van der Waals surface area contributed by atoms with Crippen molar-refractivity contribution in [3.63, 3.8) is 0 Å². The molecule has 144 valence electrons. The van der Waals surface area contributed by atoms with Crippen molar-refractivity contribution in [2.24, 2.45) is 0 Å². The van der Waals surface area contributed by atoms with E-state index in [-0.39, 0.29) is 28.6 Å². The Morgan fingerprint density at radius 1 is 1.26 bits per heavy atom. The van der Waals surface area contributed by atoms with Gasteiger partial charge in [-0.2, -0.15) is 9.40 Å². The minimum absolute atomic E-state index is 0.0373. The second-order valence-corrected chi connectivity index (χ2v) is 8.59. The van der Waals surface area contributed by atoms with E-state index >= 15 is 0 Å². The normalized spacial score (nSPS) is 12.1. The van der Waals surface area contributed by atoms with Crippen LogP contribution in [0.15, 0.2) is 45.9 Å². The van der Waals surface area contributed by atoms with Crippen LogP contribution in [0.1, 0.15) is 22.7 Å². The number of benzene rings is 1. The van der Waals surface area contributed by atoms with E-state index in [1.165, 1.54) is 34.4 Å². The molecule has 3 aromatic rings. The highest BCUT2D eigenvalue weighted by atomic mass is 35.5. The van der Waals surface area contributed by atoms with E-state index in [4.69, 9.17) is 16.0 Å². The Balaban J connectivity index is 1.95. The lowest BCUT2D eigenvalue weighted by Gasteiger charge is -2.16. The zero-order valence-electron chi connectivity index (χ0n) is 15.1. The first-order chi connectivity index (χ1) is 12.7. The highest BCUT2D eigenvalue weighted by Gasteiger charge is 2.29. The van der Waals surface area contributed by atoms with Crippen LogP contribution in [0.5, 0.6) is 0 Å². The van der Waals surface area contributed by atoms with E-state index < -0.39 is 15.8 Å². The fourth-order valence-electron chi connectivity index (χ4n) is 2.90. The maximum absolute atomic E-state index is 14.1. The zero-order valence-corrected chi connectivity index (χ0v) is 16.7. The van der Waals surface area contributed by atoms with Crippen LogP contribution in [0, 0.1) is 19.7 Å². The maximum atomic E-state index is 14.1. The summed E-state index contributed by atoms with van der Waals surface area (Å²) in [6.07, 6.45) is 1.49. The lowest BCUT2D eigenvalue weighted by Crippen LogP contribution is -2.27. The minimum atomic E-state index is -3.80. The number of rotatable bonds is 6. The van der Waals surface area contributed by atoms with Crippen molar-refractivity contribution < 1.29 is 17.2 Å². The molecule has 0 aliphatic carbocycles. The Morgan fingerprint density at radius 3 is 2.63 bits per heavy atom. The monoisotopic (exact) mass is 411 g/mol. The standard InChI is InChI=1S/C18H19ClFN3O3S/c1-12-18(27(24,25)22(3)10-14-6-5-9-26-14)13(2)23(21-12)11-15-16(19)7-4-8-17(15)20/h4-9H,10-11H2,1-3H3. The molecule has 0 unspecified atom stereocenters. The SMILES string of the molecule is Cc1nn(Cc2c(F)cccc2Cl)c(C)c1S(=O)(=O)N(C)Cc1ccco1. The van der Waals surface area contributed by atoms with Crippen LogP contribution < -0.4 is 0 Å². The van der Waals surface area contributed by atoms with Gasteiger partial charge in [-0.05, 0) is 38.1 Å². The van der Waals surface area contributed by atoms with Gasteiger partial charge in [0, 0.05) is 17.6 Å². The molecular weight excluding hydrogens is 393 g/mol. The fourth-order valence-corrected chi connectivity index (χ4v) is 4.63. The average Bonchev–Trinajstić information content (AvgIpc) is 3.19. The number of furan rings is 1. The molecule has 0 aliphatic heterocycles. The van der Waals surface area contributed by atoms with Crippen molar-refractivity contribution in [2.75, 3.05) is 7.05 Å². The largest absolute Gasteiger partial charge is 0.468 e. The van der Waals surface area contributed by atoms with Gasteiger partial charge in [0.1, 0.15) is 16.5 Å². The Bertz CT molecular complexity index is 1040. The molecule has 0 fully saturated rings. The van der Waals surface area contributed by atoms with E-state index in [0.29, 0.717) is 17.1 Å². The van der Waals surface area contributed by atoms with E-state index in [9.17, 15) is 12.8 Å². The van der Waals surface area contributed by atoms with Gasteiger partial charge in [-0.1, -0.05) is 17.7 Å². The van der Waals surface area contributed by atoms with Crippen LogP contribution >= 0.6 is 11.6 Å². The van der Waals surface area contributed by atoms with E-state index in [1.54, 1.807) is 32.0 Å². The topological polar surface area (TPSA) is 68.3 Å². The molecule has 0 radical (unpaired) electrons. The summed E-state index contributed by atoms with van der Waals surface area (Å²) in [5, 5.41) is 4.56. The third-order valence-corrected chi connectivity index (χ3v) is 6.72. The highest BCUT2D eigenvalue weighted by Crippen LogP contribution is 2.26. The second kappa shape index (κ2) is 7.46. The molecule has 6 nitrogen and oxygen atoms in total. The van der Waals surface area contributed by atoms with Gasteiger partial charge in [-0.3, -0.25) is 4.68 Å². The molecule has 2 aromatic heterocycles. The summed E-state index contributed by atoms with van der Waals surface area (Å²) in [6.45, 7) is 3.39. The molecule has 3 rings (SSSR count). The Labute approximate surface area is 162 Å². The molecular formula is C18H19ClFN3O3S. The van der Waals surface area contributed by atoms with Crippen LogP contribution in [0.25, 0.3) is 0 Å². The molecule has 0 aliphatic rings. The number of halogens is 2. The van der Waals surface area contributed by atoms with Gasteiger partial charge in [0.2, 0.25) is 10.0 Å². The van der Waals surface area contributed by atoms with Crippen LogP contribution in [0.2, 0.25) is 5.02 Å². The number of sulfonamides is 1. The number of hydrogen-bond acceptors (Lipinski definition) is 4.